The zero-order valence-electron chi connectivity index (χ0n) is 13.6. The topological polar surface area (TPSA) is 98.3 Å². The van der Waals surface area contributed by atoms with Gasteiger partial charge in [-0.3, -0.25) is 19.7 Å². The molecule has 0 radical (unpaired) electrons. The van der Waals surface area contributed by atoms with Gasteiger partial charge in [-0.05, 0) is 25.3 Å². The number of carbonyl (C=O) groups excluding carboxylic acids is 1. The minimum atomic E-state index is -0.487. The lowest BCUT2D eigenvalue weighted by Gasteiger charge is -2.26. The Morgan fingerprint density at radius 2 is 1.92 bits per heavy atom. The van der Waals surface area contributed by atoms with E-state index in [1.165, 1.54) is 24.3 Å². The molecule has 130 valence electrons. The average Bonchev–Trinajstić information content (AvgIpc) is 2.64. The highest BCUT2D eigenvalue weighted by atomic mass is 16.6. The van der Waals surface area contributed by atoms with E-state index >= 15 is 0 Å². The number of hydrogen-bond donors (Lipinski definition) is 0. The molecule has 1 amide bonds. The summed E-state index contributed by atoms with van der Waals surface area (Å²) in [6.07, 6.45) is 3.06. The van der Waals surface area contributed by atoms with Crippen molar-refractivity contribution in [2.75, 3.05) is 13.1 Å². The van der Waals surface area contributed by atoms with E-state index in [9.17, 15) is 19.7 Å². The van der Waals surface area contributed by atoms with Crippen molar-refractivity contribution >= 4 is 11.6 Å². The zero-order chi connectivity index (χ0) is 17.8. The van der Waals surface area contributed by atoms with E-state index in [-0.39, 0.29) is 23.7 Å². The molecule has 0 unspecified atom stereocenters. The summed E-state index contributed by atoms with van der Waals surface area (Å²) in [6, 6.07) is 8.84. The molecule has 8 nitrogen and oxygen atoms in total. The molecule has 0 atom stereocenters. The van der Waals surface area contributed by atoms with Crippen molar-refractivity contribution in [1.82, 2.24) is 14.7 Å². The Kier molecular flexibility index (Phi) is 4.87. The van der Waals surface area contributed by atoms with Crippen molar-refractivity contribution in [3.05, 3.63) is 56.9 Å². The van der Waals surface area contributed by atoms with E-state index in [0.717, 1.165) is 23.9 Å². The average molecular weight is 342 g/mol. The fourth-order valence-corrected chi connectivity index (χ4v) is 2.87. The molecule has 0 aliphatic carbocycles. The Morgan fingerprint density at radius 3 is 2.64 bits per heavy atom. The monoisotopic (exact) mass is 342 g/mol. The largest absolute Gasteiger partial charge is 0.341 e. The number of nitro groups is 1. The molecule has 0 spiro atoms. The van der Waals surface area contributed by atoms with Crippen LogP contribution >= 0.6 is 0 Å². The first-order valence-corrected chi connectivity index (χ1v) is 8.15. The molecule has 2 aromatic rings. The Labute approximate surface area is 143 Å². The van der Waals surface area contributed by atoms with Gasteiger partial charge in [-0.2, -0.15) is 5.10 Å². The number of nitro benzene ring substituents is 1. The van der Waals surface area contributed by atoms with Crippen molar-refractivity contribution in [1.29, 1.82) is 0 Å². The Hall–Kier alpha value is -3.03. The summed E-state index contributed by atoms with van der Waals surface area (Å²) < 4.78 is 1.12. The second kappa shape index (κ2) is 7.25. The van der Waals surface area contributed by atoms with Crippen LogP contribution in [0.25, 0.3) is 11.3 Å². The molecule has 1 aliphatic rings. The summed E-state index contributed by atoms with van der Waals surface area (Å²) in [5, 5.41) is 15.1. The molecule has 3 rings (SSSR count). The highest BCUT2D eigenvalue weighted by molar-refractivity contribution is 5.76. The minimum Gasteiger partial charge on any atom is -0.341 e. The van der Waals surface area contributed by atoms with Gasteiger partial charge in [0.1, 0.15) is 6.54 Å². The molecule has 8 heteroatoms. The number of benzene rings is 1. The summed E-state index contributed by atoms with van der Waals surface area (Å²) in [5.41, 5.74) is 0.504. The standard InChI is InChI=1S/C17H18N4O4/c22-16-8-7-15(13-5-4-6-14(11-13)21(24)25)18-20(16)12-17(23)19-9-2-1-3-10-19/h4-8,11H,1-3,9-10,12H2. The summed E-state index contributed by atoms with van der Waals surface area (Å²) in [4.78, 5) is 36.5. The number of piperidine rings is 1. The van der Waals surface area contributed by atoms with Crippen LogP contribution in [0.2, 0.25) is 0 Å². The number of aromatic nitrogens is 2. The van der Waals surface area contributed by atoms with E-state index in [1.807, 2.05) is 0 Å². The maximum absolute atomic E-state index is 12.3. The Balaban J connectivity index is 1.85. The molecule has 0 saturated carbocycles. The summed E-state index contributed by atoms with van der Waals surface area (Å²) in [5.74, 6) is -0.134. The van der Waals surface area contributed by atoms with Gasteiger partial charge in [-0.1, -0.05) is 12.1 Å². The van der Waals surface area contributed by atoms with Crippen LogP contribution in [0.5, 0.6) is 0 Å². The maximum atomic E-state index is 12.3. The van der Waals surface area contributed by atoms with Crippen molar-refractivity contribution in [2.24, 2.45) is 0 Å². The number of amides is 1. The van der Waals surface area contributed by atoms with Gasteiger partial charge in [0.2, 0.25) is 5.91 Å². The van der Waals surface area contributed by atoms with Crippen LogP contribution in [0.1, 0.15) is 19.3 Å². The van der Waals surface area contributed by atoms with Gasteiger partial charge in [0.25, 0.3) is 11.2 Å². The third-order valence-electron chi connectivity index (χ3n) is 4.21. The highest BCUT2D eigenvalue weighted by Gasteiger charge is 2.18. The van der Waals surface area contributed by atoms with E-state index in [1.54, 1.807) is 17.0 Å². The number of rotatable bonds is 4. The quantitative estimate of drug-likeness (QED) is 0.623. The normalized spacial score (nSPS) is 14.3. The van der Waals surface area contributed by atoms with Crippen molar-refractivity contribution in [2.45, 2.75) is 25.8 Å². The Bertz CT molecular complexity index is 856. The van der Waals surface area contributed by atoms with Gasteiger partial charge < -0.3 is 4.90 Å². The van der Waals surface area contributed by atoms with Crippen LogP contribution < -0.4 is 5.56 Å². The predicted octanol–water partition coefficient (Wildman–Crippen LogP) is 1.83. The van der Waals surface area contributed by atoms with Crippen LogP contribution in [-0.4, -0.2) is 38.6 Å². The lowest BCUT2D eigenvalue weighted by molar-refractivity contribution is -0.384. The van der Waals surface area contributed by atoms with Gasteiger partial charge in [0, 0.05) is 36.9 Å². The van der Waals surface area contributed by atoms with Crippen LogP contribution in [0.15, 0.2) is 41.2 Å². The summed E-state index contributed by atoms with van der Waals surface area (Å²) in [7, 11) is 0. The summed E-state index contributed by atoms with van der Waals surface area (Å²) >= 11 is 0. The molecule has 1 saturated heterocycles. The van der Waals surface area contributed by atoms with Crippen LogP contribution in [0.4, 0.5) is 5.69 Å². The van der Waals surface area contributed by atoms with Gasteiger partial charge in [-0.15, -0.1) is 0 Å². The number of non-ortho nitro benzene ring substituents is 1. The molecule has 1 aliphatic heterocycles. The van der Waals surface area contributed by atoms with Gasteiger partial charge >= 0.3 is 0 Å². The fraction of sp³-hybridized carbons (Fsp3) is 0.353. The molecule has 1 fully saturated rings. The zero-order valence-corrected chi connectivity index (χ0v) is 13.6. The molecular formula is C17H18N4O4. The third-order valence-corrected chi connectivity index (χ3v) is 4.21. The number of likely N-dealkylation sites (tertiary alicyclic amines) is 1. The first kappa shape index (κ1) is 16.8. The fourth-order valence-electron chi connectivity index (χ4n) is 2.87. The number of nitrogens with zero attached hydrogens (tertiary/aromatic N) is 4. The second-order valence-corrected chi connectivity index (χ2v) is 5.96. The molecule has 0 N–H and O–H groups in total. The third kappa shape index (κ3) is 3.90. The van der Waals surface area contributed by atoms with Crippen molar-refractivity contribution in [3.63, 3.8) is 0 Å². The molecular weight excluding hydrogens is 324 g/mol. The number of carbonyl (C=O) groups is 1. The van der Waals surface area contributed by atoms with Gasteiger partial charge in [-0.25, -0.2) is 4.68 Å². The van der Waals surface area contributed by atoms with E-state index < -0.39 is 4.92 Å². The minimum absolute atomic E-state index is 0.0542. The van der Waals surface area contributed by atoms with Crippen LogP contribution in [-0.2, 0) is 11.3 Å². The van der Waals surface area contributed by atoms with Crippen molar-refractivity contribution in [3.8, 4) is 11.3 Å². The Morgan fingerprint density at radius 1 is 1.16 bits per heavy atom. The number of hydrogen-bond acceptors (Lipinski definition) is 5. The molecule has 1 aromatic heterocycles. The smallest absolute Gasteiger partial charge is 0.270 e. The first-order chi connectivity index (χ1) is 12.0. The van der Waals surface area contributed by atoms with E-state index in [4.69, 9.17) is 0 Å². The lowest BCUT2D eigenvalue weighted by atomic mass is 10.1. The lowest BCUT2D eigenvalue weighted by Crippen LogP contribution is -2.40. The van der Waals surface area contributed by atoms with Crippen LogP contribution in [0, 0.1) is 10.1 Å². The predicted molar refractivity (Wildman–Crippen MR) is 91.0 cm³/mol. The van der Waals surface area contributed by atoms with Crippen LogP contribution in [0.3, 0.4) is 0 Å². The van der Waals surface area contributed by atoms with E-state index in [2.05, 4.69) is 5.10 Å². The summed E-state index contributed by atoms with van der Waals surface area (Å²) in [6.45, 7) is 1.29. The molecule has 0 bridgehead atoms. The second-order valence-electron chi connectivity index (χ2n) is 5.96. The maximum Gasteiger partial charge on any atom is 0.270 e. The highest BCUT2D eigenvalue weighted by Crippen LogP contribution is 2.21. The van der Waals surface area contributed by atoms with Crippen molar-refractivity contribution < 1.29 is 9.72 Å². The van der Waals surface area contributed by atoms with Gasteiger partial charge in [0.15, 0.2) is 0 Å². The first-order valence-electron chi connectivity index (χ1n) is 8.15. The molecule has 25 heavy (non-hydrogen) atoms. The van der Waals surface area contributed by atoms with E-state index in [0.29, 0.717) is 24.3 Å². The SMILES string of the molecule is O=C(Cn1nc(-c2cccc([N+](=O)[O-])c2)ccc1=O)N1CCCCC1. The van der Waals surface area contributed by atoms with Gasteiger partial charge in [0.05, 0.1) is 10.6 Å². The molecule has 1 aromatic carbocycles. The molecule has 2 heterocycles.